The van der Waals surface area contributed by atoms with Crippen LogP contribution in [-0.4, -0.2) is 25.1 Å². The minimum absolute atomic E-state index is 0.123. The summed E-state index contributed by atoms with van der Waals surface area (Å²) in [6.07, 6.45) is 1.36. The van der Waals surface area contributed by atoms with Gasteiger partial charge in [-0.2, -0.15) is 5.10 Å². The molecule has 2 N–H and O–H groups in total. The number of carbonyl (C=O) groups excluding carboxylic acids is 2. The lowest BCUT2D eigenvalue weighted by Gasteiger charge is -2.14. The summed E-state index contributed by atoms with van der Waals surface area (Å²) in [5, 5.41) is 7.74. The molecule has 3 aromatic carbocycles. The third-order valence-electron chi connectivity index (χ3n) is 4.69. The fourth-order valence-corrected chi connectivity index (χ4v) is 4.10. The fourth-order valence-electron chi connectivity index (χ4n) is 2.84. The van der Waals surface area contributed by atoms with Crippen LogP contribution in [0.15, 0.2) is 58.1 Å². The van der Waals surface area contributed by atoms with Crippen LogP contribution in [0.1, 0.15) is 16.7 Å². The molecule has 0 spiro atoms. The zero-order chi connectivity index (χ0) is 25.5. The standard InChI is InChI=1S/C24H19BrCl3N3O4/c1-13-6-7-15(10-20(13)28)30-23(32)24(33)31-29-11-14-8-17(25)22(21(9-14)34-2)35-12-16-18(26)4-3-5-19(16)27/h3-11H,12H2,1-2H3,(H,30,32)(H,31,33)/b29-11+. The van der Waals surface area contributed by atoms with Crippen molar-refractivity contribution in [3.8, 4) is 11.5 Å². The van der Waals surface area contributed by atoms with Crippen molar-refractivity contribution in [2.45, 2.75) is 13.5 Å². The Hall–Kier alpha value is -2.78. The number of hydrogen-bond donors (Lipinski definition) is 2. The number of ether oxygens (including phenoxy) is 2. The van der Waals surface area contributed by atoms with Gasteiger partial charge in [-0.15, -0.1) is 0 Å². The molecule has 3 rings (SSSR count). The smallest absolute Gasteiger partial charge is 0.329 e. The summed E-state index contributed by atoms with van der Waals surface area (Å²) in [6, 6.07) is 13.5. The summed E-state index contributed by atoms with van der Waals surface area (Å²) < 4.78 is 11.9. The molecule has 0 fully saturated rings. The quantitative estimate of drug-likeness (QED) is 0.187. The molecule has 0 aliphatic heterocycles. The first-order valence-corrected chi connectivity index (χ1v) is 12.0. The first-order valence-electron chi connectivity index (χ1n) is 10.0. The van der Waals surface area contributed by atoms with Crippen molar-refractivity contribution in [2.24, 2.45) is 5.10 Å². The number of benzene rings is 3. The number of anilines is 1. The molecular formula is C24H19BrCl3N3O4. The van der Waals surface area contributed by atoms with E-state index in [0.717, 1.165) is 5.56 Å². The van der Waals surface area contributed by atoms with E-state index in [2.05, 4.69) is 31.8 Å². The summed E-state index contributed by atoms with van der Waals surface area (Å²) in [7, 11) is 1.49. The van der Waals surface area contributed by atoms with Gasteiger partial charge >= 0.3 is 11.8 Å². The van der Waals surface area contributed by atoms with E-state index in [-0.39, 0.29) is 6.61 Å². The molecule has 0 unspecified atom stereocenters. The van der Waals surface area contributed by atoms with Crippen molar-refractivity contribution < 1.29 is 19.1 Å². The molecule has 0 atom stereocenters. The Morgan fingerprint density at radius 2 is 1.74 bits per heavy atom. The Morgan fingerprint density at radius 1 is 1.03 bits per heavy atom. The lowest BCUT2D eigenvalue weighted by atomic mass is 10.2. The minimum atomic E-state index is -0.944. The van der Waals surface area contributed by atoms with Gasteiger partial charge in [-0.3, -0.25) is 9.59 Å². The van der Waals surface area contributed by atoms with Crippen LogP contribution in [0.25, 0.3) is 0 Å². The van der Waals surface area contributed by atoms with Crippen LogP contribution < -0.4 is 20.2 Å². The van der Waals surface area contributed by atoms with Crippen molar-refractivity contribution in [1.29, 1.82) is 0 Å². The predicted octanol–water partition coefficient (Wildman–Crippen LogP) is 6.39. The third-order valence-corrected chi connectivity index (χ3v) is 6.39. The summed E-state index contributed by atoms with van der Waals surface area (Å²) >= 11 is 21.9. The molecule has 3 aromatic rings. The number of carbonyl (C=O) groups is 2. The van der Waals surface area contributed by atoms with Crippen LogP contribution >= 0.6 is 50.7 Å². The molecule has 0 aromatic heterocycles. The van der Waals surface area contributed by atoms with E-state index < -0.39 is 11.8 Å². The van der Waals surface area contributed by atoms with E-state index in [4.69, 9.17) is 44.3 Å². The molecule has 182 valence electrons. The average molecular weight is 600 g/mol. The zero-order valence-electron chi connectivity index (χ0n) is 18.5. The summed E-state index contributed by atoms with van der Waals surface area (Å²) in [6.45, 7) is 1.95. The van der Waals surface area contributed by atoms with Gasteiger partial charge in [0.05, 0.1) is 17.8 Å². The van der Waals surface area contributed by atoms with E-state index in [9.17, 15) is 9.59 Å². The summed E-state index contributed by atoms with van der Waals surface area (Å²) in [5.74, 6) is -0.992. The first-order chi connectivity index (χ1) is 16.7. The first kappa shape index (κ1) is 26.8. The Kier molecular flexibility index (Phi) is 9.40. The number of hydrazone groups is 1. The largest absolute Gasteiger partial charge is 0.493 e. The van der Waals surface area contributed by atoms with Crippen LogP contribution in [0.4, 0.5) is 5.69 Å². The van der Waals surface area contributed by atoms with E-state index in [0.29, 0.717) is 47.9 Å². The zero-order valence-corrected chi connectivity index (χ0v) is 22.3. The number of rotatable bonds is 7. The molecule has 0 saturated heterocycles. The average Bonchev–Trinajstić information content (AvgIpc) is 2.81. The molecule has 11 heteroatoms. The third kappa shape index (κ3) is 7.11. The van der Waals surface area contributed by atoms with Gasteiger partial charge in [0.1, 0.15) is 6.61 Å². The number of methoxy groups -OCH3 is 1. The van der Waals surface area contributed by atoms with Crippen molar-refractivity contribution in [2.75, 3.05) is 12.4 Å². The van der Waals surface area contributed by atoms with E-state index in [1.807, 2.05) is 6.92 Å². The van der Waals surface area contributed by atoms with E-state index in [1.54, 1.807) is 48.5 Å². The van der Waals surface area contributed by atoms with E-state index >= 15 is 0 Å². The molecule has 0 radical (unpaired) electrons. The number of aryl methyl sites for hydroxylation is 1. The summed E-state index contributed by atoms with van der Waals surface area (Å²) in [4.78, 5) is 24.1. The summed E-state index contributed by atoms with van der Waals surface area (Å²) in [5.41, 5.74) is 4.64. The van der Waals surface area contributed by atoms with Crippen molar-refractivity contribution >= 4 is 74.4 Å². The normalized spacial score (nSPS) is 10.8. The molecule has 0 aliphatic carbocycles. The Labute approximate surface area is 225 Å². The molecule has 35 heavy (non-hydrogen) atoms. The van der Waals surface area contributed by atoms with Gasteiger partial charge in [-0.05, 0) is 70.4 Å². The second-order valence-electron chi connectivity index (χ2n) is 7.14. The highest BCUT2D eigenvalue weighted by Crippen LogP contribution is 2.37. The van der Waals surface area contributed by atoms with Gasteiger partial charge in [0, 0.05) is 26.3 Å². The van der Waals surface area contributed by atoms with Crippen molar-refractivity contribution in [3.63, 3.8) is 0 Å². The molecule has 0 heterocycles. The molecule has 0 bridgehead atoms. The Balaban J connectivity index is 1.65. The Morgan fingerprint density at radius 3 is 2.40 bits per heavy atom. The monoisotopic (exact) mass is 597 g/mol. The Bertz CT molecular complexity index is 1280. The van der Waals surface area contributed by atoms with Gasteiger partial charge in [0.25, 0.3) is 0 Å². The highest BCUT2D eigenvalue weighted by molar-refractivity contribution is 9.10. The van der Waals surface area contributed by atoms with Crippen molar-refractivity contribution in [1.82, 2.24) is 5.43 Å². The lowest BCUT2D eigenvalue weighted by molar-refractivity contribution is -0.136. The number of hydrogen-bond acceptors (Lipinski definition) is 5. The van der Waals surface area contributed by atoms with Gasteiger partial charge in [-0.25, -0.2) is 5.43 Å². The predicted molar refractivity (Wildman–Crippen MR) is 142 cm³/mol. The van der Waals surface area contributed by atoms with Gasteiger partial charge in [0.2, 0.25) is 0 Å². The lowest BCUT2D eigenvalue weighted by Crippen LogP contribution is -2.32. The SMILES string of the molecule is COc1cc(/C=N/NC(=O)C(=O)Nc2ccc(C)c(Cl)c2)cc(Br)c1OCc1c(Cl)cccc1Cl. The molecule has 0 saturated carbocycles. The van der Waals surface area contributed by atoms with Crippen LogP contribution in [-0.2, 0) is 16.2 Å². The van der Waals surface area contributed by atoms with Crippen LogP contribution in [0.5, 0.6) is 11.5 Å². The number of amides is 2. The highest BCUT2D eigenvalue weighted by Gasteiger charge is 2.15. The van der Waals surface area contributed by atoms with Gasteiger partial charge < -0.3 is 14.8 Å². The number of nitrogens with zero attached hydrogens (tertiary/aromatic N) is 1. The fraction of sp³-hybridized carbons (Fsp3) is 0.125. The topological polar surface area (TPSA) is 89.0 Å². The van der Waals surface area contributed by atoms with Gasteiger partial charge in [0.15, 0.2) is 11.5 Å². The molecule has 7 nitrogen and oxygen atoms in total. The number of halogens is 4. The van der Waals surface area contributed by atoms with Crippen molar-refractivity contribution in [3.05, 3.63) is 84.8 Å². The second-order valence-corrected chi connectivity index (χ2v) is 9.22. The van der Waals surface area contributed by atoms with Crippen LogP contribution in [0.2, 0.25) is 15.1 Å². The van der Waals surface area contributed by atoms with E-state index in [1.165, 1.54) is 13.3 Å². The minimum Gasteiger partial charge on any atom is -0.493 e. The van der Waals surface area contributed by atoms with Crippen LogP contribution in [0, 0.1) is 6.92 Å². The maximum absolute atomic E-state index is 12.1. The maximum Gasteiger partial charge on any atom is 0.329 e. The van der Waals surface area contributed by atoms with Crippen LogP contribution in [0.3, 0.4) is 0 Å². The molecule has 2 amide bonds. The second kappa shape index (κ2) is 12.3. The van der Waals surface area contributed by atoms with Gasteiger partial charge in [-0.1, -0.05) is 46.9 Å². The molecule has 0 aliphatic rings. The maximum atomic E-state index is 12.1. The number of nitrogens with one attached hydrogen (secondary N) is 2. The highest BCUT2D eigenvalue weighted by atomic mass is 79.9. The molecular weight excluding hydrogens is 581 g/mol.